The van der Waals surface area contributed by atoms with Crippen molar-refractivity contribution >= 4 is 16.9 Å². The SMILES string of the molecule is Cc1ccc(OCCn2c(CCNC(=O)c3ccccc3F)nc3ccccc32)cc1. The topological polar surface area (TPSA) is 56.1 Å². The standard InChI is InChI=1S/C25H24FN3O2/c1-18-10-12-19(13-11-18)31-17-16-29-23-9-5-4-8-22(23)28-24(29)14-15-27-25(30)20-6-2-3-7-21(20)26/h2-13H,14-17H2,1H3,(H,27,30). The van der Waals surface area contributed by atoms with Gasteiger partial charge in [0.05, 0.1) is 23.1 Å². The molecule has 4 rings (SSSR count). The fraction of sp³-hybridized carbons (Fsp3) is 0.200. The lowest BCUT2D eigenvalue weighted by Gasteiger charge is -2.12. The maximum Gasteiger partial charge on any atom is 0.254 e. The number of fused-ring (bicyclic) bond motifs is 1. The van der Waals surface area contributed by atoms with E-state index in [1.807, 2.05) is 55.5 Å². The summed E-state index contributed by atoms with van der Waals surface area (Å²) in [7, 11) is 0. The number of hydrogen-bond donors (Lipinski definition) is 1. The van der Waals surface area contributed by atoms with Crippen molar-refractivity contribution in [1.29, 1.82) is 0 Å². The number of rotatable bonds is 8. The Morgan fingerprint density at radius 3 is 2.58 bits per heavy atom. The summed E-state index contributed by atoms with van der Waals surface area (Å²) < 4.78 is 21.8. The van der Waals surface area contributed by atoms with Gasteiger partial charge >= 0.3 is 0 Å². The third-order valence-electron chi connectivity index (χ3n) is 5.09. The quantitative estimate of drug-likeness (QED) is 0.458. The minimum atomic E-state index is -0.527. The van der Waals surface area contributed by atoms with E-state index in [9.17, 15) is 9.18 Å². The van der Waals surface area contributed by atoms with Gasteiger partial charge in [-0.05, 0) is 43.3 Å². The molecule has 1 N–H and O–H groups in total. The molecule has 0 aliphatic carbocycles. The molecule has 158 valence electrons. The predicted molar refractivity (Wildman–Crippen MR) is 119 cm³/mol. The van der Waals surface area contributed by atoms with E-state index in [2.05, 4.69) is 9.88 Å². The third-order valence-corrected chi connectivity index (χ3v) is 5.09. The van der Waals surface area contributed by atoms with Crippen LogP contribution in [0.1, 0.15) is 21.7 Å². The van der Waals surface area contributed by atoms with Crippen molar-refractivity contribution in [2.24, 2.45) is 0 Å². The Balaban J connectivity index is 1.42. The highest BCUT2D eigenvalue weighted by Crippen LogP contribution is 2.17. The number of nitrogens with one attached hydrogen (secondary N) is 1. The first kappa shape index (κ1) is 20.6. The molecular formula is C25H24FN3O2. The highest BCUT2D eigenvalue weighted by atomic mass is 19.1. The van der Waals surface area contributed by atoms with Crippen LogP contribution in [0.4, 0.5) is 4.39 Å². The van der Waals surface area contributed by atoms with Crippen LogP contribution in [0, 0.1) is 12.7 Å². The summed E-state index contributed by atoms with van der Waals surface area (Å²) >= 11 is 0. The summed E-state index contributed by atoms with van der Waals surface area (Å²) in [5.41, 5.74) is 3.15. The summed E-state index contributed by atoms with van der Waals surface area (Å²) in [4.78, 5) is 17.0. The molecule has 31 heavy (non-hydrogen) atoms. The molecule has 0 fully saturated rings. The average molecular weight is 417 g/mol. The number of aromatic nitrogens is 2. The van der Waals surface area contributed by atoms with Crippen molar-refractivity contribution < 1.29 is 13.9 Å². The normalized spacial score (nSPS) is 10.9. The number of carbonyl (C=O) groups is 1. The molecule has 6 heteroatoms. The van der Waals surface area contributed by atoms with Crippen LogP contribution in [0.25, 0.3) is 11.0 Å². The van der Waals surface area contributed by atoms with Crippen molar-refractivity contribution in [2.45, 2.75) is 19.9 Å². The van der Waals surface area contributed by atoms with E-state index >= 15 is 0 Å². The molecular weight excluding hydrogens is 393 g/mol. The fourth-order valence-electron chi connectivity index (χ4n) is 3.48. The van der Waals surface area contributed by atoms with Gasteiger partial charge in [-0.2, -0.15) is 0 Å². The average Bonchev–Trinajstić information content (AvgIpc) is 3.13. The van der Waals surface area contributed by atoms with E-state index in [0.29, 0.717) is 26.1 Å². The summed E-state index contributed by atoms with van der Waals surface area (Å²) in [5, 5.41) is 2.78. The molecule has 0 saturated carbocycles. The number of para-hydroxylation sites is 2. The zero-order chi connectivity index (χ0) is 21.6. The number of carbonyl (C=O) groups excluding carboxylic acids is 1. The molecule has 0 aliphatic rings. The number of benzene rings is 3. The van der Waals surface area contributed by atoms with Gasteiger partial charge in [-0.15, -0.1) is 0 Å². The van der Waals surface area contributed by atoms with Gasteiger partial charge in [0.15, 0.2) is 0 Å². The van der Waals surface area contributed by atoms with Crippen LogP contribution in [0.5, 0.6) is 5.75 Å². The smallest absolute Gasteiger partial charge is 0.254 e. The van der Waals surface area contributed by atoms with Crippen LogP contribution < -0.4 is 10.1 Å². The molecule has 1 heterocycles. The Kier molecular flexibility index (Phi) is 6.26. The first-order chi connectivity index (χ1) is 15.1. The van der Waals surface area contributed by atoms with E-state index in [4.69, 9.17) is 9.72 Å². The van der Waals surface area contributed by atoms with Gasteiger partial charge in [0.2, 0.25) is 0 Å². The molecule has 0 aliphatic heterocycles. The van der Waals surface area contributed by atoms with Gasteiger partial charge in [-0.25, -0.2) is 9.37 Å². The maximum absolute atomic E-state index is 13.8. The predicted octanol–water partition coefficient (Wildman–Crippen LogP) is 4.54. The largest absolute Gasteiger partial charge is 0.492 e. The van der Waals surface area contributed by atoms with Gasteiger partial charge in [-0.3, -0.25) is 4.79 Å². The van der Waals surface area contributed by atoms with Crippen LogP contribution in [0.3, 0.4) is 0 Å². The van der Waals surface area contributed by atoms with Gasteiger partial charge in [0.1, 0.15) is 24.0 Å². The number of amides is 1. The van der Waals surface area contributed by atoms with Crippen LogP contribution in [-0.2, 0) is 13.0 Å². The Morgan fingerprint density at radius 1 is 1.03 bits per heavy atom. The van der Waals surface area contributed by atoms with Crippen molar-refractivity contribution in [1.82, 2.24) is 14.9 Å². The number of halogens is 1. The molecule has 0 radical (unpaired) electrons. The molecule has 4 aromatic rings. The van der Waals surface area contributed by atoms with Crippen molar-refractivity contribution in [2.75, 3.05) is 13.2 Å². The second-order valence-corrected chi connectivity index (χ2v) is 7.32. The molecule has 1 amide bonds. The van der Waals surface area contributed by atoms with E-state index in [0.717, 1.165) is 22.6 Å². The number of ether oxygens (including phenoxy) is 1. The van der Waals surface area contributed by atoms with Gasteiger partial charge < -0.3 is 14.6 Å². The fourth-order valence-corrected chi connectivity index (χ4v) is 3.48. The lowest BCUT2D eigenvalue weighted by Crippen LogP contribution is -2.27. The van der Waals surface area contributed by atoms with Crippen LogP contribution in [-0.4, -0.2) is 28.6 Å². The molecule has 5 nitrogen and oxygen atoms in total. The molecule has 0 spiro atoms. The van der Waals surface area contributed by atoms with Crippen LogP contribution in [0.15, 0.2) is 72.8 Å². The zero-order valence-corrected chi connectivity index (χ0v) is 17.3. The van der Waals surface area contributed by atoms with E-state index in [1.165, 1.54) is 17.7 Å². The summed E-state index contributed by atoms with van der Waals surface area (Å²) in [5.74, 6) is 0.722. The second-order valence-electron chi connectivity index (χ2n) is 7.32. The highest BCUT2D eigenvalue weighted by molar-refractivity contribution is 5.94. The summed E-state index contributed by atoms with van der Waals surface area (Å²) in [6.45, 7) is 3.52. The molecule has 3 aromatic carbocycles. The van der Waals surface area contributed by atoms with Crippen LogP contribution in [0.2, 0.25) is 0 Å². The first-order valence-electron chi connectivity index (χ1n) is 10.3. The molecule has 0 saturated heterocycles. The van der Waals surface area contributed by atoms with Gasteiger partial charge in [-0.1, -0.05) is 42.0 Å². The number of nitrogens with zero attached hydrogens (tertiary/aromatic N) is 2. The molecule has 0 atom stereocenters. The van der Waals surface area contributed by atoms with E-state index < -0.39 is 11.7 Å². The van der Waals surface area contributed by atoms with Crippen LogP contribution >= 0.6 is 0 Å². The first-order valence-corrected chi connectivity index (χ1v) is 10.3. The van der Waals surface area contributed by atoms with Gasteiger partial charge in [0, 0.05) is 13.0 Å². The number of imidazole rings is 1. The highest BCUT2D eigenvalue weighted by Gasteiger charge is 2.13. The monoisotopic (exact) mass is 417 g/mol. The maximum atomic E-state index is 13.8. The van der Waals surface area contributed by atoms with E-state index in [-0.39, 0.29) is 5.56 Å². The van der Waals surface area contributed by atoms with E-state index in [1.54, 1.807) is 12.1 Å². The summed E-state index contributed by atoms with van der Waals surface area (Å²) in [6.07, 6.45) is 0.527. The zero-order valence-electron chi connectivity index (χ0n) is 17.3. The third kappa shape index (κ3) is 4.91. The van der Waals surface area contributed by atoms with Crippen molar-refractivity contribution in [3.8, 4) is 5.75 Å². The van der Waals surface area contributed by atoms with Crippen molar-refractivity contribution in [3.63, 3.8) is 0 Å². The number of aryl methyl sites for hydroxylation is 1. The Hall–Kier alpha value is -3.67. The lowest BCUT2D eigenvalue weighted by atomic mass is 10.2. The lowest BCUT2D eigenvalue weighted by molar-refractivity contribution is 0.0950. The second kappa shape index (κ2) is 9.43. The Labute approximate surface area is 180 Å². The molecule has 0 bridgehead atoms. The number of hydrogen-bond acceptors (Lipinski definition) is 3. The molecule has 0 unspecified atom stereocenters. The van der Waals surface area contributed by atoms with Gasteiger partial charge in [0.25, 0.3) is 5.91 Å². The molecule has 1 aromatic heterocycles. The van der Waals surface area contributed by atoms with Crippen molar-refractivity contribution in [3.05, 3.63) is 95.6 Å². The minimum Gasteiger partial charge on any atom is -0.492 e. The Morgan fingerprint density at radius 2 is 1.77 bits per heavy atom. The minimum absolute atomic E-state index is 0.0440. The summed E-state index contributed by atoms with van der Waals surface area (Å²) in [6, 6.07) is 21.8. The Bertz CT molecular complexity index is 1190.